The van der Waals surface area contributed by atoms with E-state index in [-0.39, 0.29) is 11.9 Å². The molecule has 0 bridgehead atoms. The highest BCUT2D eigenvalue weighted by molar-refractivity contribution is 7.92. The zero-order valence-corrected chi connectivity index (χ0v) is 16.4. The fourth-order valence-electron chi connectivity index (χ4n) is 4.16. The zero-order valence-electron chi connectivity index (χ0n) is 15.6. The Labute approximate surface area is 156 Å². The van der Waals surface area contributed by atoms with Gasteiger partial charge in [-0.1, -0.05) is 30.3 Å². The van der Waals surface area contributed by atoms with Gasteiger partial charge in [-0.05, 0) is 44.8 Å². The number of nitrogens with one attached hydrogen (secondary N) is 2. The maximum atomic E-state index is 13.0. The van der Waals surface area contributed by atoms with Gasteiger partial charge in [0.1, 0.15) is 0 Å². The molecule has 0 saturated carbocycles. The Morgan fingerprint density at radius 2 is 1.92 bits per heavy atom. The SMILES string of the molecule is CC1CC(NC(=O)C2(S(C)(=O)=O)CCNCC2)CN1Cc1ccccc1. The Hall–Kier alpha value is -1.44. The number of carbonyl (C=O) groups is 1. The monoisotopic (exact) mass is 379 g/mol. The van der Waals surface area contributed by atoms with Gasteiger partial charge in [-0.3, -0.25) is 9.69 Å². The van der Waals surface area contributed by atoms with Gasteiger partial charge >= 0.3 is 0 Å². The van der Waals surface area contributed by atoms with Crippen LogP contribution in [0.5, 0.6) is 0 Å². The first kappa shape index (κ1) is 19.3. The molecule has 0 aliphatic carbocycles. The second-order valence-electron chi connectivity index (χ2n) is 7.69. The number of rotatable bonds is 5. The number of carbonyl (C=O) groups excluding carboxylic acids is 1. The lowest BCUT2D eigenvalue weighted by molar-refractivity contribution is -0.125. The van der Waals surface area contributed by atoms with E-state index in [1.54, 1.807) is 0 Å². The van der Waals surface area contributed by atoms with Crippen LogP contribution in [0, 0.1) is 0 Å². The van der Waals surface area contributed by atoms with Crippen molar-refractivity contribution < 1.29 is 13.2 Å². The molecule has 2 N–H and O–H groups in total. The fourth-order valence-corrected chi connectivity index (χ4v) is 5.50. The van der Waals surface area contributed by atoms with E-state index in [1.165, 1.54) is 11.8 Å². The van der Waals surface area contributed by atoms with Crippen molar-refractivity contribution in [3.63, 3.8) is 0 Å². The number of hydrogen-bond donors (Lipinski definition) is 2. The van der Waals surface area contributed by atoms with Gasteiger partial charge < -0.3 is 10.6 Å². The first-order chi connectivity index (χ1) is 12.3. The maximum absolute atomic E-state index is 13.0. The number of sulfone groups is 1. The Balaban J connectivity index is 1.66. The summed E-state index contributed by atoms with van der Waals surface area (Å²) in [6.45, 7) is 4.87. The van der Waals surface area contributed by atoms with E-state index < -0.39 is 14.6 Å². The molecule has 2 aliphatic rings. The van der Waals surface area contributed by atoms with E-state index in [1.807, 2.05) is 18.2 Å². The van der Waals surface area contributed by atoms with Crippen molar-refractivity contribution in [2.75, 3.05) is 25.9 Å². The molecule has 7 heteroatoms. The average Bonchev–Trinajstić information content (AvgIpc) is 2.94. The number of hydrogen-bond acceptors (Lipinski definition) is 5. The summed E-state index contributed by atoms with van der Waals surface area (Å²) < 4.78 is 23.5. The summed E-state index contributed by atoms with van der Waals surface area (Å²) in [7, 11) is -3.47. The highest BCUT2D eigenvalue weighted by atomic mass is 32.2. The van der Waals surface area contributed by atoms with Crippen molar-refractivity contribution >= 4 is 15.7 Å². The number of amides is 1. The van der Waals surface area contributed by atoms with Crippen LogP contribution in [0.1, 0.15) is 31.7 Å². The fraction of sp³-hybridized carbons (Fsp3) is 0.632. The molecule has 1 aromatic rings. The van der Waals surface area contributed by atoms with Gasteiger partial charge in [0.2, 0.25) is 5.91 Å². The van der Waals surface area contributed by atoms with Crippen molar-refractivity contribution in [1.82, 2.24) is 15.5 Å². The van der Waals surface area contributed by atoms with Gasteiger partial charge in [-0.25, -0.2) is 8.42 Å². The van der Waals surface area contributed by atoms with Crippen molar-refractivity contribution in [3.05, 3.63) is 35.9 Å². The summed E-state index contributed by atoms with van der Waals surface area (Å²) in [5.41, 5.74) is 1.25. The minimum atomic E-state index is -3.47. The largest absolute Gasteiger partial charge is 0.351 e. The van der Waals surface area contributed by atoms with Crippen molar-refractivity contribution in [3.8, 4) is 0 Å². The van der Waals surface area contributed by atoms with Crippen LogP contribution in [0.25, 0.3) is 0 Å². The van der Waals surface area contributed by atoms with Crippen LogP contribution in [-0.2, 0) is 21.2 Å². The van der Waals surface area contributed by atoms with E-state index in [4.69, 9.17) is 0 Å². The maximum Gasteiger partial charge on any atom is 0.241 e. The lowest BCUT2D eigenvalue weighted by Gasteiger charge is -2.35. The zero-order chi connectivity index (χ0) is 18.8. The summed E-state index contributed by atoms with van der Waals surface area (Å²) in [5.74, 6) is -0.319. The van der Waals surface area contributed by atoms with Gasteiger partial charge in [-0.15, -0.1) is 0 Å². The van der Waals surface area contributed by atoms with Gasteiger partial charge in [0, 0.05) is 31.4 Å². The second kappa shape index (κ2) is 7.66. The van der Waals surface area contributed by atoms with Crippen LogP contribution in [-0.4, -0.2) is 61.9 Å². The predicted octanol–water partition coefficient (Wildman–Crippen LogP) is 0.932. The Bertz CT molecular complexity index is 730. The summed E-state index contributed by atoms with van der Waals surface area (Å²) in [6.07, 6.45) is 2.72. The number of likely N-dealkylation sites (tertiary alicyclic amines) is 1. The summed E-state index contributed by atoms with van der Waals surface area (Å²) in [6, 6.07) is 10.6. The molecule has 0 aromatic heterocycles. The van der Waals surface area contributed by atoms with Crippen LogP contribution in [0.3, 0.4) is 0 Å². The average molecular weight is 380 g/mol. The molecule has 0 spiro atoms. The van der Waals surface area contributed by atoms with Crippen LogP contribution >= 0.6 is 0 Å². The molecule has 144 valence electrons. The molecular weight excluding hydrogens is 350 g/mol. The third-order valence-corrected chi connectivity index (χ3v) is 7.82. The summed E-state index contributed by atoms with van der Waals surface area (Å²) >= 11 is 0. The molecule has 1 aromatic carbocycles. The molecule has 2 aliphatic heterocycles. The predicted molar refractivity (Wildman–Crippen MR) is 103 cm³/mol. The van der Waals surface area contributed by atoms with Crippen LogP contribution < -0.4 is 10.6 Å². The molecule has 1 amide bonds. The normalized spacial score (nSPS) is 26.5. The smallest absolute Gasteiger partial charge is 0.241 e. The van der Waals surface area contributed by atoms with Gasteiger partial charge in [-0.2, -0.15) is 0 Å². The quantitative estimate of drug-likeness (QED) is 0.796. The van der Waals surface area contributed by atoms with Gasteiger partial charge in [0.05, 0.1) is 0 Å². The van der Waals surface area contributed by atoms with E-state index in [2.05, 4.69) is 34.6 Å². The Morgan fingerprint density at radius 1 is 1.27 bits per heavy atom. The molecule has 3 rings (SSSR count). The van der Waals surface area contributed by atoms with E-state index in [0.29, 0.717) is 32.0 Å². The van der Waals surface area contributed by atoms with Crippen LogP contribution in [0.15, 0.2) is 30.3 Å². The molecule has 2 saturated heterocycles. The number of nitrogens with zero attached hydrogens (tertiary/aromatic N) is 1. The summed E-state index contributed by atoms with van der Waals surface area (Å²) in [4.78, 5) is 15.3. The van der Waals surface area contributed by atoms with E-state index >= 15 is 0 Å². The molecule has 2 atom stereocenters. The van der Waals surface area contributed by atoms with Gasteiger partial charge in [0.25, 0.3) is 0 Å². The Morgan fingerprint density at radius 3 is 2.54 bits per heavy atom. The minimum absolute atomic E-state index is 0.00489. The number of benzene rings is 1. The lowest BCUT2D eigenvalue weighted by atomic mass is 9.95. The van der Waals surface area contributed by atoms with E-state index in [9.17, 15) is 13.2 Å². The molecule has 2 fully saturated rings. The first-order valence-electron chi connectivity index (χ1n) is 9.31. The van der Waals surface area contributed by atoms with Crippen molar-refractivity contribution in [2.24, 2.45) is 0 Å². The molecular formula is C19H29N3O3S. The molecule has 2 unspecified atom stereocenters. The molecule has 0 radical (unpaired) electrons. The Kier molecular flexibility index (Phi) is 5.69. The van der Waals surface area contributed by atoms with Gasteiger partial charge in [0.15, 0.2) is 14.6 Å². The van der Waals surface area contributed by atoms with E-state index in [0.717, 1.165) is 19.5 Å². The van der Waals surface area contributed by atoms with Crippen LogP contribution in [0.2, 0.25) is 0 Å². The highest BCUT2D eigenvalue weighted by Crippen LogP contribution is 2.29. The van der Waals surface area contributed by atoms with Crippen LogP contribution in [0.4, 0.5) is 0 Å². The topological polar surface area (TPSA) is 78.5 Å². The highest BCUT2D eigenvalue weighted by Gasteiger charge is 2.49. The number of piperidine rings is 1. The first-order valence-corrected chi connectivity index (χ1v) is 11.2. The molecule has 2 heterocycles. The lowest BCUT2D eigenvalue weighted by Crippen LogP contribution is -2.59. The second-order valence-corrected chi connectivity index (χ2v) is 10.0. The summed E-state index contributed by atoms with van der Waals surface area (Å²) in [5, 5.41) is 6.20. The third-order valence-electron chi connectivity index (χ3n) is 5.80. The third kappa shape index (κ3) is 3.94. The van der Waals surface area contributed by atoms with Crippen molar-refractivity contribution in [2.45, 2.75) is 49.6 Å². The van der Waals surface area contributed by atoms with Crippen molar-refractivity contribution in [1.29, 1.82) is 0 Å². The molecule has 6 nitrogen and oxygen atoms in total. The molecule has 26 heavy (non-hydrogen) atoms. The minimum Gasteiger partial charge on any atom is -0.351 e. The standard InChI is InChI=1S/C19H29N3O3S/c1-15-12-17(14-22(15)13-16-6-4-3-5-7-16)21-18(23)19(26(2,24)25)8-10-20-11-9-19/h3-7,15,17,20H,8-14H2,1-2H3,(H,21,23).